The highest BCUT2D eigenvalue weighted by Crippen LogP contribution is 2.34. The van der Waals surface area contributed by atoms with Crippen molar-refractivity contribution in [1.82, 2.24) is 0 Å². The first kappa shape index (κ1) is 8.86. The molecule has 0 saturated carbocycles. The SMILES string of the molecule is CNc1csc(C(=O)O)c1OC. The number of hydrogen-bond acceptors (Lipinski definition) is 4. The Morgan fingerprint density at radius 3 is 2.83 bits per heavy atom. The molecule has 0 amide bonds. The molecule has 2 N–H and O–H groups in total. The summed E-state index contributed by atoms with van der Waals surface area (Å²) in [5.74, 6) is -0.562. The lowest BCUT2D eigenvalue weighted by molar-refractivity contribution is 0.0699. The van der Waals surface area contributed by atoms with Gasteiger partial charge in [0, 0.05) is 12.4 Å². The molecular weight excluding hydrogens is 178 g/mol. The first-order chi connectivity index (χ1) is 5.70. The minimum Gasteiger partial charge on any atom is -0.493 e. The molecule has 0 bridgehead atoms. The van der Waals surface area contributed by atoms with Gasteiger partial charge in [-0.2, -0.15) is 0 Å². The Morgan fingerprint density at radius 2 is 2.42 bits per heavy atom. The Balaban J connectivity index is 3.13. The van der Waals surface area contributed by atoms with Crippen LogP contribution in [0, 0.1) is 0 Å². The number of carboxylic acid groups (broad SMARTS) is 1. The number of hydrogen-bond donors (Lipinski definition) is 2. The van der Waals surface area contributed by atoms with E-state index in [1.54, 1.807) is 12.4 Å². The average Bonchev–Trinajstić information content (AvgIpc) is 2.46. The first-order valence-electron chi connectivity index (χ1n) is 3.27. The summed E-state index contributed by atoms with van der Waals surface area (Å²) < 4.78 is 4.94. The van der Waals surface area contributed by atoms with E-state index in [0.29, 0.717) is 11.4 Å². The van der Waals surface area contributed by atoms with Crippen molar-refractivity contribution in [3.05, 3.63) is 10.3 Å². The van der Waals surface area contributed by atoms with Gasteiger partial charge in [-0.05, 0) is 0 Å². The summed E-state index contributed by atoms with van der Waals surface area (Å²) in [6, 6.07) is 0. The number of methoxy groups -OCH3 is 1. The van der Waals surface area contributed by atoms with Crippen LogP contribution in [0.1, 0.15) is 9.67 Å². The van der Waals surface area contributed by atoms with E-state index in [2.05, 4.69) is 5.32 Å². The van der Waals surface area contributed by atoms with Crippen molar-refractivity contribution >= 4 is 23.0 Å². The minimum atomic E-state index is -0.960. The van der Waals surface area contributed by atoms with Crippen LogP contribution in [0.5, 0.6) is 5.75 Å². The molecule has 0 aliphatic rings. The minimum absolute atomic E-state index is 0.224. The molecule has 0 unspecified atom stereocenters. The van der Waals surface area contributed by atoms with Crippen LogP contribution in [0.3, 0.4) is 0 Å². The van der Waals surface area contributed by atoms with Crippen molar-refractivity contribution in [1.29, 1.82) is 0 Å². The molecule has 0 fully saturated rings. The maximum absolute atomic E-state index is 10.6. The number of ether oxygens (including phenoxy) is 1. The van der Waals surface area contributed by atoms with Gasteiger partial charge < -0.3 is 15.2 Å². The average molecular weight is 187 g/mol. The zero-order valence-electron chi connectivity index (χ0n) is 6.75. The zero-order valence-corrected chi connectivity index (χ0v) is 7.57. The zero-order chi connectivity index (χ0) is 9.14. The number of anilines is 1. The van der Waals surface area contributed by atoms with Gasteiger partial charge in [0.2, 0.25) is 0 Å². The lowest BCUT2D eigenvalue weighted by Gasteiger charge is -2.01. The molecule has 0 aliphatic heterocycles. The molecule has 0 atom stereocenters. The molecule has 1 aromatic heterocycles. The van der Waals surface area contributed by atoms with E-state index in [-0.39, 0.29) is 4.88 Å². The monoisotopic (exact) mass is 187 g/mol. The first-order valence-corrected chi connectivity index (χ1v) is 4.15. The molecule has 1 rings (SSSR count). The van der Waals surface area contributed by atoms with Crippen LogP contribution in [0.25, 0.3) is 0 Å². The van der Waals surface area contributed by atoms with E-state index in [4.69, 9.17) is 9.84 Å². The van der Waals surface area contributed by atoms with Gasteiger partial charge in [0.25, 0.3) is 0 Å². The third-order valence-corrected chi connectivity index (χ3v) is 2.36. The predicted molar refractivity (Wildman–Crippen MR) is 47.4 cm³/mol. The van der Waals surface area contributed by atoms with E-state index in [9.17, 15) is 4.79 Å². The summed E-state index contributed by atoms with van der Waals surface area (Å²) in [5.41, 5.74) is 0.708. The summed E-state index contributed by atoms with van der Waals surface area (Å²) in [4.78, 5) is 10.8. The fourth-order valence-electron chi connectivity index (χ4n) is 0.870. The summed E-state index contributed by atoms with van der Waals surface area (Å²) in [7, 11) is 3.17. The summed E-state index contributed by atoms with van der Waals surface area (Å²) in [6.45, 7) is 0. The Bertz CT molecular complexity index is 295. The van der Waals surface area contributed by atoms with Crippen LogP contribution in [0.15, 0.2) is 5.38 Å². The lowest BCUT2D eigenvalue weighted by atomic mass is 10.4. The van der Waals surface area contributed by atoms with E-state index in [1.807, 2.05) is 0 Å². The quantitative estimate of drug-likeness (QED) is 0.752. The molecule has 0 aromatic carbocycles. The molecule has 66 valence electrons. The van der Waals surface area contributed by atoms with Gasteiger partial charge in [0.15, 0.2) is 10.6 Å². The van der Waals surface area contributed by atoms with Crippen molar-refractivity contribution in [3.8, 4) is 5.75 Å². The summed E-state index contributed by atoms with van der Waals surface area (Å²) >= 11 is 1.15. The third-order valence-electron chi connectivity index (χ3n) is 1.41. The number of carbonyl (C=O) groups is 1. The van der Waals surface area contributed by atoms with Crippen molar-refractivity contribution in [2.45, 2.75) is 0 Å². The molecular formula is C7H9NO3S. The van der Waals surface area contributed by atoms with Gasteiger partial charge in [-0.15, -0.1) is 11.3 Å². The largest absolute Gasteiger partial charge is 0.493 e. The third kappa shape index (κ3) is 1.35. The van der Waals surface area contributed by atoms with E-state index in [0.717, 1.165) is 11.3 Å². The van der Waals surface area contributed by atoms with Crippen molar-refractivity contribution in [3.63, 3.8) is 0 Å². The van der Waals surface area contributed by atoms with Crippen LogP contribution >= 0.6 is 11.3 Å². The Hall–Kier alpha value is -1.23. The van der Waals surface area contributed by atoms with Gasteiger partial charge in [-0.3, -0.25) is 0 Å². The second-order valence-corrected chi connectivity index (χ2v) is 2.95. The molecule has 0 aliphatic carbocycles. The molecule has 0 radical (unpaired) electrons. The van der Waals surface area contributed by atoms with E-state index < -0.39 is 5.97 Å². The standard InChI is InChI=1S/C7H9NO3S/c1-8-4-3-12-6(7(9)10)5(4)11-2/h3,8H,1-2H3,(H,9,10). The Morgan fingerprint density at radius 1 is 1.75 bits per heavy atom. The van der Waals surface area contributed by atoms with Gasteiger partial charge in [0.05, 0.1) is 12.8 Å². The maximum Gasteiger partial charge on any atom is 0.349 e. The smallest absolute Gasteiger partial charge is 0.349 e. The number of carboxylic acids is 1. The molecule has 0 spiro atoms. The number of rotatable bonds is 3. The highest BCUT2D eigenvalue weighted by molar-refractivity contribution is 7.12. The van der Waals surface area contributed by atoms with Crippen molar-refractivity contribution in [2.75, 3.05) is 19.5 Å². The molecule has 1 aromatic rings. The van der Waals surface area contributed by atoms with Crippen LogP contribution in [0.2, 0.25) is 0 Å². The number of nitrogens with one attached hydrogen (secondary N) is 1. The van der Waals surface area contributed by atoms with Gasteiger partial charge >= 0.3 is 5.97 Å². The fraction of sp³-hybridized carbons (Fsp3) is 0.286. The van der Waals surface area contributed by atoms with Crippen molar-refractivity contribution in [2.24, 2.45) is 0 Å². The molecule has 12 heavy (non-hydrogen) atoms. The topological polar surface area (TPSA) is 58.6 Å². The fourth-order valence-corrected chi connectivity index (χ4v) is 1.73. The normalized spacial score (nSPS) is 9.50. The maximum atomic E-state index is 10.6. The second-order valence-electron chi connectivity index (χ2n) is 2.07. The Labute approximate surface area is 73.8 Å². The Kier molecular flexibility index (Phi) is 2.54. The number of aromatic carboxylic acids is 1. The highest BCUT2D eigenvalue weighted by atomic mass is 32.1. The lowest BCUT2D eigenvalue weighted by Crippen LogP contribution is -1.97. The van der Waals surface area contributed by atoms with Crippen LogP contribution in [-0.2, 0) is 0 Å². The van der Waals surface area contributed by atoms with Crippen molar-refractivity contribution < 1.29 is 14.6 Å². The summed E-state index contributed by atoms with van der Waals surface area (Å²) in [6.07, 6.45) is 0. The second kappa shape index (κ2) is 3.44. The predicted octanol–water partition coefficient (Wildman–Crippen LogP) is 1.50. The molecule has 5 heteroatoms. The molecule has 1 heterocycles. The van der Waals surface area contributed by atoms with E-state index >= 15 is 0 Å². The van der Waals surface area contributed by atoms with E-state index in [1.165, 1.54) is 7.11 Å². The molecule has 4 nitrogen and oxygen atoms in total. The highest BCUT2D eigenvalue weighted by Gasteiger charge is 2.16. The van der Waals surface area contributed by atoms with Gasteiger partial charge in [-0.1, -0.05) is 0 Å². The van der Waals surface area contributed by atoms with Crippen LogP contribution in [0.4, 0.5) is 5.69 Å². The summed E-state index contributed by atoms with van der Waals surface area (Å²) in [5, 5.41) is 13.3. The molecule has 0 saturated heterocycles. The number of thiophene rings is 1. The van der Waals surface area contributed by atoms with Gasteiger partial charge in [0.1, 0.15) is 0 Å². The van der Waals surface area contributed by atoms with Crippen LogP contribution in [-0.4, -0.2) is 25.2 Å². The van der Waals surface area contributed by atoms with Gasteiger partial charge in [-0.25, -0.2) is 4.79 Å². The van der Waals surface area contributed by atoms with Crippen LogP contribution < -0.4 is 10.1 Å².